The SMILES string of the molecule is CCC(C)(C)NC(=O)c1ccc(-c2ccc(F)cc2)nc1. The lowest BCUT2D eigenvalue weighted by atomic mass is 10.0. The van der Waals surface area contributed by atoms with Crippen molar-refractivity contribution in [1.82, 2.24) is 10.3 Å². The van der Waals surface area contributed by atoms with Crippen molar-refractivity contribution in [3.63, 3.8) is 0 Å². The van der Waals surface area contributed by atoms with Gasteiger partial charge in [0.15, 0.2) is 0 Å². The summed E-state index contributed by atoms with van der Waals surface area (Å²) >= 11 is 0. The number of carbonyl (C=O) groups is 1. The maximum absolute atomic E-state index is 12.9. The number of aromatic nitrogens is 1. The minimum absolute atomic E-state index is 0.139. The second-order valence-electron chi connectivity index (χ2n) is 5.63. The molecule has 0 bridgehead atoms. The molecule has 3 nitrogen and oxygen atoms in total. The van der Waals surface area contributed by atoms with Crippen LogP contribution in [0, 0.1) is 5.82 Å². The lowest BCUT2D eigenvalue weighted by molar-refractivity contribution is 0.0911. The van der Waals surface area contributed by atoms with Gasteiger partial charge in [-0.05, 0) is 56.7 Å². The van der Waals surface area contributed by atoms with E-state index in [1.54, 1.807) is 30.5 Å². The van der Waals surface area contributed by atoms with Crippen LogP contribution in [-0.2, 0) is 0 Å². The molecule has 0 saturated heterocycles. The third kappa shape index (κ3) is 3.88. The fourth-order valence-electron chi connectivity index (χ4n) is 1.79. The third-order valence-electron chi connectivity index (χ3n) is 3.50. The molecule has 2 rings (SSSR count). The first-order valence-corrected chi connectivity index (χ1v) is 6.96. The maximum Gasteiger partial charge on any atom is 0.253 e. The van der Waals surface area contributed by atoms with Gasteiger partial charge >= 0.3 is 0 Å². The summed E-state index contributed by atoms with van der Waals surface area (Å²) in [5.41, 5.74) is 1.80. The minimum atomic E-state index is -0.281. The molecule has 0 spiro atoms. The van der Waals surface area contributed by atoms with E-state index in [1.807, 2.05) is 20.8 Å². The first-order chi connectivity index (χ1) is 9.91. The molecule has 21 heavy (non-hydrogen) atoms. The standard InChI is InChI=1S/C17H19FN2O/c1-4-17(2,3)20-16(21)13-7-10-15(19-11-13)12-5-8-14(18)9-6-12/h5-11H,4H2,1-3H3,(H,20,21). The molecule has 4 heteroatoms. The Labute approximate surface area is 124 Å². The summed E-state index contributed by atoms with van der Waals surface area (Å²) in [5, 5.41) is 2.96. The average molecular weight is 286 g/mol. The van der Waals surface area contributed by atoms with Crippen molar-refractivity contribution >= 4 is 5.91 Å². The van der Waals surface area contributed by atoms with Gasteiger partial charge in [-0.1, -0.05) is 6.92 Å². The van der Waals surface area contributed by atoms with E-state index in [1.165, 1.54) is 12.1 Å². The van der Waals surface area contributed by atoms with Crippen LogP contribution in [0.25, 0.3) is 11.3 Å². The first-order valence-electron chi connectivity index (χ1n) is 6.96. The maximum atomic E-state index is 12.9. The van der Waals surface area contributed by atoms with Gasteiger partial charge in [0.25, 0.3) is 5.91 Å². The number of rotatable bonds is 4. The predicted molar refractivity (Wildman–Crippen MR) is 81.5 cm³/mol. The van der Waals surface area contributed by atoms with Crippen LogP contribution in [0.5, 0.6) is 0 Å². The summed E-state index contributed by atoms with van der Waals surface area (Å²) in [6.07, 6.45) is 2.39. The molecule has 0 saturated carbocycles. The van der Waals surface area contributed by atoms with Gasteiger partial charge in [0.1, 0.15) is 5.82 Å². The molecule has 0 atom stereocenters. The zero-order chi connectivity index (χ0) is 15.5. The van der Waals surface area contributed by atoms with Crippen LogP contribution in [-0.4, -0.2) is 16.4 Å². The lowest BCUT2D eigenvalue weighted by Gasteiger charge is -2.24. The smallest absolute Gasteiger partial charge is 0.253 e. The van der Waals surface area contributed by atoms with Crippen molar-refractivity contribution in [1.29, 1.82) is 0 Å². The molecule has 1 amide bonds. The molecule has 2 aromatic rings. The van der Waals surface area contributed by atoms with Crippen LogP contribution in [0.2, 0.25) is 0 Å². The van der Waals surface area contributed by atoms with Crippen LogP contribution in [0.1, 0.15) is 37.6 Å². The van der Waals surface area contributed by atoms with Crippen molar-refractivity contribution in [2.75, 3.05) is 0 Å². The lowest BCUT2D eigenvalue weighted by Crippen LogP contribution is -2.42. The van der Waals surface area contributed by atoms with Crippen molar-refractivity contribution in [2.45, 2.75) is 32.7 Å². The Morgan fingerprint density at radius 3 is 2.38 bits per heavy atom. The molecule has 0 fully saturated rings. The van der Waals surface area contributed by atoms with Crippen LogP contribution < -0.4 is 5.32 Å². The van der Waals surface area contributed by atoms with Crippen molar-refractivity contribution < 1.29 is 9.18 Å². The fraction of sp³-hybridized carbons (Fsp3) is 0.294. The van der Waals surface area contributed by atoms with E-state index >= 15 is 0 Å². The highest BCUT2D eigenvalue weighted by Crippen LogP contribution is 2.18. The van der Waals surface area contributed by atoms with Crippen LogP contribution in [0.4, 0.5) is 4.39 Å². The van der Waals surface area contributed by atoms with Gasteiger partial charge in [0.05, 0.1) is 11.3 Å². The monoisotopic (exact) mass is 286 g/mol. The number of carbonyl (C=O) groups excluding carboxylic acids is 1. The largest absolute Gasteiger partial charge is 0.347 e. The van der Waals surface area contributed by atoms with Gasteiger partial charge in [0, 0.05) is 17.3 Å². The summed E-state index contributed by atoms with van der Waals surface area (Å²) in [6, 6.07) is 9.60. The number of halogens is 1. The number of pyridine rings is 1. The number of hydrogen-bond donors (Lipinski definition) is 1. The molecule has 1 heterocycles. The highest BCUT2D eigenvalue weighted by atomic mass is 19.1. The van der Waals surface area contributed by atoms with Crippen molar-refractivity contribution in [3.05, 3.63) is 54.0 Å². The van der Waals surface area contributed by atoms with E-state index in [0.717, 1.165) is 12.0 Å². The van der Waals surface area contributed by atoms with E-state index in [2.05, 4.69) is 10.3 Å². The summed E-state index contributed by atoms with van der Waals surface area (Å²) in [5.74, 6) is -0.420. The zero-order valence-corrected chi connectivity index (χ0v) is 12.5. The van der Waals surface area contributed by atoms with Crippen molar-refractivity contribution in [3.8, 4) is 11.3 Å². The zero-order valence-electron chi connectivity index (χ0n) is 12.5. The Hall–Kier alpha value is -2.23. The second-order valence-corrected chi connectivity index (χ2v) is 5.63. The number of benzene rings is 1. The fourth-order valence-corrected chi connectivity index (χ4v) is 1.79. The molecule has 0 radical (unpaired) electrons. The highest BCUT2D eigenvalue weighted by Gasteiger charge is 2.18. The second kappa shape index (κ2) is 6.04. The number of hydrogen-bond acceptors (Lipinski definition) is 2. The van der Waals surface area contributed by atoms with Crippen LogP contribution >= 0.6 is 0 Å². The Bertz CT molecular complexity index is 618. The van der Waals surface area contributed by atoms with Gasteiger partial charge in [-0.3, -0.25) is 9.78 Å². The summed E-state index contributed by atoms with van der Waals surface area (Å²) in [6.45, 7) is 5.98. The van der Waals surface area contributed by atoms with Gasteiger partial charge in [-0.2, -0.15) is 0 Å². The van der Waals surface area contributed by atoms with Gasteiger partial charge in [0.2, 0.25) is 0 Å². The normalized spacial score (nSPS) is 11.2. The minimum Gasteiger partial charge on any atom is -0.347 e. The third-order valence-corrected chi connectivity index (χ3v) is 3.50. The topological polar surface area (TPSA) is 42.0 Å². The van der Waals surface area contributed by atoms with E-state index < -0.39 is 0 Å². The molecule has 0 aliphatic carbocycles. The molecule has 1 aromatic carbocycles. The van der Waals surface area contributed by atoms with E-state index in [0.29, 0.717) is 11.3 Å². The predicted octanol–water partition coefficient (Wildman–Crippen LogP) is 3.81. The summed E-state index contributed by atoms with van der Waals surface area (Å²) in [7, 11) is 0. The number of amides is 1. The van der Waals surface area contributed by atoms with Gasteiger partial charge < -0.3 is 5.32 Å². The van der Waals surface area contributed by atoms with Crippen molar-refractivity contribution in [2.24, 2.45) is 0 Å². The number of nitrogens with one attached hydrogen (secondary N) is 1. The van der Waals surface area contributed by atoms with E-state index in [-0.39, 0.29) is 17.3 Å². The van der Waals surface area contributed by atoms with Crippen LogP contribution in [0.15, 0.2) is 42.6 Å². The summed E-state index contributed by atoms with van der Waals surface area (Å²) in [4.78, 5) is 16.4. The summed E-state index contributed by atoms with van der Waals surface area (Å²) < 4.78 is 12.9. The molecule has 1 aromatic heterocycles. The average Bonchev–Trinajstić information content (AvgIpc) is 2.48. The van der Waals surface area contributed by atoms with E-state index in [4.69, 9.17) is 0 Å². The van der Waals surface area contributed by atoms with Gasteiger partial charge in [-0.25, -0.2) is 4.39 Å². The molecule has 1 N–H and O–H groups in total. The molecular formula is C17H19FN2O. The molecule has 0 unspecified atom stereocenters. The Balaban J connectivity index is 2.15. The Morgan fingerprint density at radius 2 is 1.86 bits per heavy atom. The van der Waals surface area contributed by atoms with Crippen LogP contribution in [0.3, 0.4) is 0 Å². The quantitative estimate of drug-likeness (QED) is 0.928. The molecular weight excluding hydrogens is 267 g/mol. The number of nitrogens with zero attached hydrogens (tertiary/aromatic N) is 1. The molecule has 0 aliphatic rings. The van der Waals surface area contributed by atoms with E-state index in [9.17, 15) is 9.18 Å². The highest BCUT2D eigenvalue weighted by molar-refractivity contribution is 5.94. The first kappa shape index (κ1) is 15.2. The van der Waals surface area contributed by atoms with Gasteiger partial charge in [-0.15, -0.1) is 0 Å². The molecule has 110 valence electrons. The Morgan fingerprint density at radius 1 is 1.19 bits per heavy atom. The Kier molecular flexibility index (Phi) is 4.36. The molecule has 0 aliphatic heterocycles.